The number of nitrogens with one attached hydrogen (secondary N) is 1. The molecule has 0 fully saturated rings. The number of carbonyl (C=O) groups excluding carboxylic acids is 3. The Morgan fingerprint density at radius 1 is 1.15 bits per heavy atom. The van der Waals surface area contributed by atoms with Gasteiger partial charge in [-0.05, 0) is 49.8 Å². The summed E-state index contributed by atoms with van der Waals surface area (Å²) >= 11 is 0. The number of amides is 1. The minimum atomic E-state index is -0.559. The maximum atomic E-state index is 12.9. The van der Waals surface area contributed by atoms with Gasteiger partial charge in [0.1, 0.15) is 24.6 Å². The van der Waals surface area contributed by atoms with Crippen molar-refractivity contribution in [3.05, 3.63) is 54.1 Å². The monoisotopic (exact) mass is 573 g/mol. The van der Waals surface area contributed by atoms with Crippen LogP contribution in [0.3, 0.4) is 0 Å². The summed E-state index contributed by atoms with van der Waals surface area (Å²) < 4.78 is 27.9. The molecule has 9 heteroatoms. The molecular weight excluding hydrogens is 526 g/mol. The summed E-state index contributed by atoms with van der Waals surface area (Å²) in [5, 5.41) is 2.67. The van der Waals surface area contributed by atoms with E-state index in [9.17, 15) is 14.4 Å². The van der Waals surface area contributed by atoms with Gasteiger partial charge in [0, 0.05) is 44.4 Å². The van der Waals surface area contributed by atoms with Crippen molar-refractivity contribution >= 4 is 18.0 Å². The van der Waals surface area contributed by atoms with E-state index in [0.717, 1.165) is 24.2 Å². The number of hydrogen-bond acceptors (Lipinski definition) is 8. The summed E-state index contributed by atoms with van der Waals surface area (Å²) in [6.07, 6.45) is 8.35. The largest absolute Gasteiger partial charge is 0.497 e. The van der Waals surface area contributed by atoms with Gasteiger partial charge in [-0.2, -0.15) is 0 Å². The van der Waals surface area contributed by atoms with Crippen molar-refractivity contribution in [1.82, 2.24) is 5.32 Å². The van der Waals surface area contributed by atoms with Crippen LogP contribution in [0.15, 0.2) is 48.6 Å². The van der Waals surface area contributed by atoms with E-state index in [2.05, 4.69) is 18.3 Å². The summed E-state index contributed by atoms with van der Waals surface area (Å²) in [5.41, 5.74) is 0.837. The van der Waals surface area contributed by atoms with Crippen molar-refractivity contribution in [1.29, 1.82) is 0 Å². The van der Waals surface area contributed by atoms with Crippen molar-refractivity contribution in [3.8, 4) is 5.75 Å². The highest BCUT2D eigenvalue weighted by molar-refractivity contribution is 5.83. The number of hydrogen-bond donors (Lipinski definition) is 1. The predicted molar refractivity (Wildman–Crippen MR) is 156 cm³/mol. The number of cyclic esters (lactones) is 1. The fourth-order valence-electron chi connectivity index (χ4n) is 5.06. The molecule has 0 aromatic heterocycles. The Morgan fingerprint density at radius 2 is 1.88 bits per heavy atom. The van der Waals surface area contributed by atoms with Crippen LogP contribution < -0.4 is 10.1 Å². The predicted octanol–water partition coefficient (Wildman–Crippen LogP) is 5.76. The van der Waals surface area contributed by atoms with E-state index in [1.165, 1.54) is 6.08 Å². The van der Waals surface area contributed by atoms with Gasteiger partial charge in [-0.3, -0.25) is 4.79 Å². The van der Waals surface area contributed by atoms with Gasteiger partial charge in [-0.15, -0.1) is 0 Å². The summed E-state index contributed by atoms with van der Waals surface area (Å²) in [4.78, 5) is 37.0. The second-order valence-electron chi connectivity index (χ2n) is 10.5. The molecule has 0 bridgehead atoms. The Labute approximate surface area is 244 Å². The molecule has 9 nitrogen and oxygen atoms in total. The van der Waals surface area contributed by atoms with Gasteiger partial charge in [0.2, 0.25) is 0 Å². The molecule has 1 aromatic rings. The first kappa shape index (κ1) is 33.9. The van der Waals surface area contributed by atoms with E-state index in [1.807, 2.05) is 45.1 Å². The summed E-state index contributed by atoms with van der Waals surface area (Å²) in [7, 11) is 3.26. The van der Waals surface area contributed by atoms with Gasteiger partial charge >= 0.3 is 18.0 Å². The third-order valence-electron chi connectivity index (χ3n) is 7.48. The van der Waals surface area contributed by atoms with Gasteiger partial charge < -0.3 is 29.0 Å². The quantitative estimate of drug-likeness (QED) is 0.108. The Bertz CT molecular complexity index is 1010. The van der Waals surface area contributed by atoms with E-state index in [-0.39, 0.29) is 61.5 Å². The van der Waals surface area contributed by atoms with E-state index < -0.39 is 12.2 Å². The highest BCUT2D eigenvalue weighted by atomic mass is 16.6. The molecule has 1 heterocycles. The van der Waals surface area contributed by atoms with Gasteiger partial charge in [-0.1, -0.05) is 51.1 Å². The van der Waals surface area contributed by atoms with Gasteiger partial charge in [-0.25, -0.2) is 9.59 Å². The van der Waals surface area contributed by atoms with Gasteiger partial charge in [0.25, 0.3) is 0 Å². The average molecular weight is 574 g/mol. The van der Waals surface area contributed by atoms with Crippen LogP contribution in [-0.4, -0.2) is 57.1 Å². The summed E-state index contributed by atoms with van der Waals surface area (Å²) in [6.45, 7) is 8.54. The third-order valence-corrected chi connectivity index (χ3v) is 7.48. The maximum Gasteiger partial charge on any atom is 0.407 e. The average Bonchev–Trinajstić information content (AvgIpc) is 2.97. The molecule has 0 radical (unpaired) electrons. The van der Waals surface area contributed by atoms with Crippen LogP contribution in [-0.2, 0) is 35.1 Å². The lowest BCUT2D eigenvalue weighted by Crippen LogP contribution is -2.42. The van der Waals surface area contributed by atoms with Crippen LogP contribution in [0.5, 0.6) is 5.75 Å². The standard InChI is InChI=1S/C32H47NO8/c1-7-9-11-22(3)31(38-6)23(4)27(20-28-25(8-2)15-18-30(35)41-28)40-29(34)12-10-19-33-32(36)39-21-24-13-16-26(37-5)17-14-24/h7,9,13-18,22-23,25,27-28,31H,8,10-12,19-21H2,1-6H3,(H,33,36)/b9-7+/t22-,23-,25+,27+,28+,31+/m0/s1. The molecule has 1 aliphatic rings. The van der Waals surface area contributed by atoms with Crippen molar-refractivity contribution in [2.75, 3.05) is 20.8 Å². The first-order valence-corrected chi connectivity index (χ1v) is 14.5. The highest BCUT2D eigenvalue weighted by Gasteiger charge is 2.37. The first-order chi connectivity index (χ1) is 19.7. The lowest BCUT2D eigenvalue weighted by molar-refractivity contribution is -0.162. The topological polar surface area (TPSA) is 109 Å². The Balaban J connectivity index is 1.93. The summed E-state index contributed by atoms with van der Waals surface area (Å²) in [6, 6.07) is 7.24. The molecule has 0 unspecified atom stereocenters. The fraction of sp³-hybridized carbons (Fsp3) is 0.594. The smallest absolute Gasteiger partial charge is 0.407 e. The molecule has 1 N–H and O–H groups in total. The number of ether oxygens (including phenoxy) is 5. The van der Waals surface area contributed by atoms with E-state index in [1.54, 1.807) is 26.4 Å². The molecule has 228 valence electrons. The number of esters is 2. The Kier molecular flexibility index (Phi) is 15.0. The number of benzene rings is 1. The SMILES string of the molecule is C/C=C/C[C@H](C)[C@@H](OC)[C@@H](C)[C@@H](C[C@H]1OC(=O)C=C[C@H]1CC)OC(=O)CCCNC(=O)OCc1ccc(OC)cc1. The molecule has 0 spiro atoms. The molecule has 0 aliphatic carbocycles. The number of methoxy groups -OCH3 is 2. The molecule has 6 atom stereocenters. The van der Waals surface area contributed by atoms with E-state index in [0.29, 0.717) is 12.8 Å². The zero-order valence-corrected chi connectivity index (χ0v) is 25.3. The number of rotatable bonds is 17. The van der Waals surface area contributed by atoms with E-state index >= 15 is 0 Å². The van der Waals surface area contributed by atoms with Crippen LogP contribution in [0, 0.1) is 17.8 Å². The highest BCUT2D eigenvalue weighted by Crippen LogP contribution is 2.31. The molecule has 0 saturated carbocycles. The van der Waals surface area contributed by atoms with Crippen molar-refractivity contribution in [2.24, 2.45) is 17.8 Å². The third kappa shape index (κ3) is 11.6. The molecule has 1 amide bonds. The van der Waals surface area contributed by atoms with Crippen LogP contribution >= 0.6 is 0 Å². The molecule has 1 aliphatic heterocycles. The van der Waals surface area contributed by atoms with Crippen LogP contribution in [0.1, 0.15) is 65.4 Å². The van der Waals surface area contributed by atoms with Gasteiger partial charge in [0.15, 0.2) is 0 Å². The number of carbonyl (C=O) groups is 3. The summed E-state index contributed by atoms with van der Waals surface area (Å²) in [5.74, 6) is 0.0674. The number of allylic oxidation sites excluding steroid dienone is 2. The van der Waals surface area contributed by atoms with Crippen molar-refractivity contribution in [2.45, 2.75) is 84.7 Å². The van der Waals surface area contributed by atoms with Gasteiger partial charge in [0.05, 0.1) is 13.2 Å². The van der Waals surface area contributed by atoms with Crippen LogP contribution in [0.4, 0.5) is 4.79 Å². The lowest BCUT2D eigenvalue weighted by Gasteiger charge is -2.36. The first-order valence-electron chi connectivity index (χ1n) is 14.5. The Hall–Kier alpha value is -3.33. The zero-order chi connectivity index (χ0) is 30.2. The molecule has 0 saturated heterocycles. The minimum absolute atomic E-state index is 0.0515. The van der Waals surface area contributed by atoms with Crippen molar-refractivity contribution in [3.63, 3.8) is 0 Å². The zero-order valence-electron chi connectivity index (χ0n) is 25.3. The molecule has 41 heavy (non-hydrogen) atoms. The molecule has 1 aromatic carbocycles. The number of alkyl carbamates (subject to hydrolysis) is 1. The van der Waals surface area contributed by atoms with Crippen LogP contribution in [0.25, 0.3) is 0 Å². The second-order valence-corrected chi connectivity index (χ2v) is 10.5. The van der Waals surface area contributed by atoms with Crippen LogP contribution in [0.2, 0.25) is 0 Å². The second kappa shape index (κ2) is 18.2. The fourth-order valence-corrected chi connectivity index (χ4v) is 5.06. The normalized spacial score (nSPS) is 19.6. The van der Waals surface area contributed by atoms with Crippen molar-refractivity contribution < 1.29 is 38.1 Å². The molecular formula is C32H47NO8. The Morgan fingerprint density at radius 3 is 2.51 bits per heavy atom. The van der Waals surface area contributed by atoms with E-state index in [4.69, 9.17) is 23.7 Å². The molecule has 2 rings (SSSR count). The maximum absolute atomic E-state index is 12.9. The lowest BCUT2D eigenvalue weighted by atomic mass is 9.83. The minimum Gasteiger partial charge on any atom is -0.497 e.